The molecule has 0 fully saturated rings. The Hall–Kier alpha value is -3.12. The van der Waals surface area contributed by atoms with Crippen molar-refractivity contribution in [1.29, 1.82) is 0 Å². The molecule has 1 aromatic carbocycles. The van der Waals surface area contributed by atoms with Crippen LogP contribution >= 0.6 is 11.6 Å². The summed E-state index contributed by atoms with van der Waals surface area (Å²) in [7, 11) is 1.94. The van der Waals surface area contributed by atoms with Crippen molar-refractivity contribution in [3.05, 3.63) is 70.5 Å². The lowest BCUT2D eigenvalue weighted by molar-refractivity contribution is 0.557. The molecule has 3 aromatic heterocycles. The summed E-state index contributed by atoms with van der Waals surface area (Å²) in [5.41, 5.74) is 4.02. The highest BCUT2D eigenvalue weighted by molar-refractivity contribution is 6.30. The molecule has 0 spiro atoms. The molecule has 4 rings (SSSR count). The molecular formula is C23H24ClN5O. The Bertz CT molecular complexity index is 1150. The molecule has 0 saturated heterocycles. The Morgan fingerprint density at radius 3 is 2.67 bits per heavy atom. The van der Waals surface area contributed by atoms with E-state index in [9.17, 15) is 0 Å². The fraction of sp³-hybridized carbons (Fsp3) is 0.261. The van der Waals surface area contributed by atoms with Crippen LogP contribution in [0.1, 0.15) is 36.2 Å². The summed E-state index contributed by atoms with van der Waals surface area (Å²) in [5, 5.41) is 8.91. The van der Waals surface area contributed by atoms with Crippen LogP contribution in [0.5, 0.6) is 0 Å². The maximum Gasteiger partial charge on any atom is 0.156 e. The van der Waals surface area contributed by atoms with Gasteiger partial charge in [-0.05, 0) is 54.8 Å². The van der Waals surface area contributed by atoms with E-state index < -0.39 is 0 Å². The van der Waals surface area contributed by atoms with Crippen molar-refractivity contribution in [1.82, 2.24) is 19.7 Å². The van der Waals surface area contributed by atoms with Gasteiger partial charge in [0, 0.05) is 18.6 Å². The first-order valence-corrected chi connectivity index (χ1v) is 10.5. The molecule has 3 heterocycles. The molecule has 7 heteroatoms. The zero-order valence-corrected chi connectivity index (χ0v) is 17.9. The number of anilines is 1. The third-order valence-electron chi connectivity index (χ3n) is 4.82. The number of hydrogen-bond acceptors (Lipinski definition) is 5. The number of nitrogens with one attached hydrogen (secondary N) is 1. The lowest BCUT2D eigenvalue weighted by Gasteiger charge is -2.09. The lowest BCUT2D eigenvalue weighted by atomic mass is 10.1. The van der Waals surface area contributed by atoms with Gasteiger partial charge in [0.2, 0.25) is 0 Å². The number of aryl methyl sites for hydroxylation is 2. The van der Waals surface area contributed by atoms with E-state index in [1.807, 2.05) is 60.3 Å². The van der Waals surface area contributed by atoms with Gasteiger partial charge in [-0.2, -0.15) is 5.10 Å². The third-order valence-corrected chi connectivity index (χ3v) is 5.07. The van der Waals surface area contributed by atoms with Gasteiger partial charge in [0.15, 0.2) is 11.6 Å². The van der Waals surface area contributed by atoms with E-state index in [4.69, 9.17) is 26.0 Å². The molecule has 6 nitrogen and oxygen atoms in total. The molecule has 1 N–H and O–H groups in total. The molecule has 0 atom stereocenters. The standard InChI is InChI=1S/C23H24ClN5O/c1-3-5-19-21-22(29(2)28-19)23(25-14-13-16-7-9-17(24)10-8-16)27-20(26-21)12-11-18-6-4-15-30-18/h4,6-12,15H,3,5,13-14H2,1-2H3,(H,25,26,27)/b12-11+. The summed E-state index contributed by atoms with van der Waals surface area (Å²) >= 11 is 5.98. The van der Waals surface area contributed by atoms with Crippen LogP contribution in [0.25, 0.3) is 23.2 Å². The normalized spacial score (nSPS) is 11.6. The largest absolute Gasteiger partial charge is 0.465 e. The van der Waals surface area contributed by atoms with Crippen molar-refractivity contribution in [3.63, 3.8) is 0 Å². The van der Waals surface area contributed by atoms with Crippen molar-refractivity contribution in [2.45, 2.75) is 26.2 Å². The minimum atomic E-state index is 0.623. The van der Waals surface area contributed by atoms with E-state index in [2.05, 4.69) is 17.3 Å². The number of benzene rings is 1. The Labute approximate surface area is 180 Å². The molecule has 0 bridgehead atoms. The Kier molecular flexibility index (Phi) is 6.14. The molecule has 0 radical (unpaired) electrons. The van der Waals surface area contributed by atoms with Gasteiger partial charge < -0.3 is 9.73 Å². The SMILES string of the molecule is CCCc1nn(C)c2c(NCCc3ccc(Cl)cc3)nc(/C=C/c3ccco3)nc12. The van der Waals surface area contributed by atoms with Gasteiger partial charge in [-0.3, -0.25) is 4.68 Å². The fourth-order valence-corrected chi connectivity index (χ4v) is 3.51. The van der Waals surface area contributed by atoms with Crippen molar-refractivity contribution in [3.8, 4) is 0 Å². The van der Waals surface area contributed by atoms with Gasteiger partial charge in [-0.25, -0.2) is 9.97 Å². The number of fused-ring (bicyclic) bond motifs is 1. The van der Waals surface area contributed by atoms with Gasteiger partial charge >= 0.3 is 0 Å². The van der Waals surface area contributed by atoms with Gasteiger partial charge in [0.25, 0.3) is 0 Å². The molecule has 0 aliphatic heterocycles. The lowest BCUT2D eigenvalue weighted by Crippen LogP contribution is -2.09. The van der Waals surface area contributed by atoms with Crippen molar-refractivity contribution in [2.75, 3.05) is 11.9 Å². The maximum absolute atomic E-state index is 5.98. The number of aromatic nitrogens is 4. The maximum atomic E-state index is 5.98. The topological polar surface area (TPSA) is 68.8 Å². The minimum absolute atomic E-state index is 0.623. The number of hydrogen-bond donors (Lipinski definition) is 1. The zero-order valence-electron chi connectivity index (χ0n) is 17.1. The second-order valence-corrected chi connectivity index (χ2v) is 7.54. The van der Waals surface area contributed by atoms with Crippen LogP contribution in [0.4, 0.5) is 5.82 Å². The summed E-state index contributed by atoms with van der Waals surface area (Å²) in [6, 6.07) is 11.7. The first-order valence-electron chi connectivity index (χ1n) is 10.1. The number of nitrogens with zero attached hydrogens (tertiary/aromatic N) is 4. The van der Waals surface area contributed by atoms with Gasteiger partial charge in [0.1, 0.15) is 16.8 Å². The molecule has 30 heavy (non-hydrogen) atoms. The van der Waals surface area contributed by atoms with E-state index in [0.717, 1.165) is 59.1 Å². The second-order valence-electron chi connectivity index (χ2n) is 7.10. The van der Waals surface area contributed by atoms with E-state index in [-0.39, 0.29) is 0 Å². The highest BCUT2D eigenvalue weighted by Gasteiger charge is 2.16. The monoisotopic (exact) mass is 421 g/mol. The molecule has 0 saturated carbocycles. The van der Waals surface area contributed by atoms with Crippen LogP contribution in [0.3, 0.4) is 0 Å². The smallest absolute Gasteiger partial charge is 0.156 e. The first kappa shape index (κ1) is 20.2. The third kappa shape index (κ3) is 4.54. The highest BCUT2D eigenvalue weighted by Crippen LogP contribution is 2.24. The molecule has 0 aliphatic rings. The van der Waals surface area contributed by atoms with Crippen LogP contribution in [0.2, 0.25) is 5.02 Å². The average molecular weight is 422 g/mol. The Balaban J connectivity index is 1.64. The minimum Gasteiger partial charge on any atom is -0.465 e. The van der Waals surface area contributed by atoms with Gasteiger partial charge in [-0.1, -0.05) is 37.1 Å². The quantitative estimate of drug-likeness (QED) is 0.413. The molecule has 0 amide bonds. The fourth-order valence-electron chi connectivity index (χ4n) is 3.38. The van der Waals surface area contributed by atoms with Crippen LogP contribution in [-0.4, -0.2) is 26.3 Å². The predicted octanol–water partition coefficient (Wildman–Crippen LogP) is 5.39. The number of halogens is 1. The first-order chi connectivity index (χ1) is 14.6. The molecule has 0 unspecified atom stereocenters. The van der Waals surface area contributed by atoms with Crippen LogP contribution in [0, 0.1) is 0 Å². The molecule has 0 aliphatic carbocycles. The molecule has 154 valence electrons. The van der Waals surface area contributed by atoms with Crippen LogP contribution in [0.15, 0.2) is 47.1 Å². The Morgan fingerprint density at radius 2 is 1.93 bits per heavy atom. The summed E-state index contributed by atoms with van der Waals surface area (Å²) in [4.78, 5) is 9.52. The van der Waals surface area contributed by atoms with E-state index >= 15 is 0 Å². The molecule has 4 aromatic rings. The van der Waals surface area contributed by atoms with Gasteiger partial charge in [0.05, 0.1) is 12.0 Å². The summed E-state index contributed by atoms with van der Waals surface area (Å²) in [6.45, 7) is 2.88. The van der Waals surface area contributed by atoms with E-state index in [1.54, 1.807) is 6.26 Å². The Morgan fingerprint density at radius 1 is 1.10 bits per heavy atom. The predicted molar refractivity (Wildman–Crippen MR) is 122 cm³/mol. The van der Waals surface area contributed by atoms with E-state index in [1.165, 1.54) is 5.56 Å². The van der Waals surface area contributed by atoms with Gasteiger partial charge in [-0.15, -0.1) is 0 Å². The van der Waals surface area contributed by atoms with Crippen LogP contribution < -0.4 is 5.32 Å². The molecular weight excluding hydrogens is 398 g/mol. The zero-order chi connectivity index (χ0) is 20.9. The van der Waals surface area contributed by atoms with E-state index in [0.29, 0.717) is 5.82 Å². The number of furan rings is 1. The highest BCUT2D eigenvalue weighted by atomic mass is 35.5. The average Bonchev–Trinajstić information content (AvgIpc) is 3.37. The second kappa shape index (κ2) is 9.13. The summed E-state index contributed by atoms with van der Waals surface area (Å²) < 4.78 is 7.24. The van der Waals surface area contributed by atoms with Crippen molar-refractivity contribution in [2.24, 2.45) is 7.05 Å². The van der Waals surface area contributed by atoms with Crippen molar-refractivity contribution < 1.29 is 4.42 Å². The number of rotatable bonds is 8. The van der Waals surface area contributed by atoms with Crippen molar-refractivity contribution >= 4 is 40.6 Å². The summed E-state index contributed by atoms with van der Waals surface area (Å²) in [6.07, 6.45) is 8.13. The summed E-state index contributed by atoms with van der Waals surface area (Å²) in [5.74, 6) is 2.17. The van der Waals surface area contributed by atoms with Crippen LogP contribution in [-0.2, 0) is 19.9 Å².